The molecule has 0 radical (unpaired) electrons. The summed E-state index contributed by atoms with van der Waals surface area (Å²) in [6, 6.07) is 0.274. The van der Waals surface area contributed by atoms with E-state index in [0.717, 1.165) is 17.9 Å². The molecule has 0 aliphatic rings. The molecule has 2 aromatic heterocycles. The SMILES string of the molecule is COc1ncnc2c1nc(C(C)Cl)n2C(C)CC(C)C. The van der Waals surface area contributed by atoms with Crippen molar-refractivity contribution in [2.45, 2.75) is 45.5 Å². The van der Waals surface area contributed by atoms with Crippen LogP contribution in [0.25, 0.3) is 11.2 Å². The average molecular weight is 297 g/mol. The van der Waals surface area contributed by atoms with Crippen molar-refractivity contribution in [3.8, 4) is 5.88 Å². The molecule has 2 rings (SSSR count). The minimum absolute atomic E-state index is 0.191. The molecule has 0 saturated heterocycles. The number of fused-ring (bicyclic) bond motifs is 1. The van der Waals surface area contributed by atoms with E-state index < -0.39 is 0 Å². The lowest BCUT2D eigenvalue weighted by Gasteiger charge is -2.19. The normalized spacial score (nSPS) is 14.8. The van der Waals surface area contributed by atoms with E-state index in [2.05, 4.69) is 40.3 Å². The van der Waals surface area contributed by atoms with Gasteiger partial charge in [-0.2, -0.15) is 4.98 Å². The topological polar surface area (TPSA) is 52.8 Å². The van der Waals surface area contributed by atoms with Gasteiger partial charge in [-0.1, -0.05) is 13.8 Å². The number of rotatable bonds is 5. The molecule has 2 heterocycles. The molecule has 0 saturated carbocycles. The molecule has 2 aromatic rings. The fourth-order valence-electron chi connectivity index (χ4n) is 2.56. The first-order valence-corrected chi connectivity index (χ1v) is 7.30. The molecule has 0 spiro atoms. The molecule has 0 aliphatic carbocycles. The molecule has 0 fully saturated rings. The maximum atomic E-state index is 6.28. The summed E-state index contributed by atoms with van der Waals surface area (Å²) in [7, 11) is 1.59. The number of aromatic nitrogens is 4. The summed E-state index contributed by atoms with van der Waals surface area (Å²) in [5.74, 6) is 1.89. The number of halogens is 1. The van der Waals surface area contributed by atoms with Gasteiger partial charge >= 0.3 is 0 Å². The monoisotopic (exact) mass is 296 g/mol. The van der Waals surface area contributed by atoms with Gasteiger partial charge < -0.3 is 9.30 Å². The van der Waals surface area contributed by atoms with Gasteiger partial charge in [-0.05, 0) is 26.2 Å². The van der Waals surface area contributed by atoms with Crippen LogP contribution in [-0.2, 0) is 0 Å². The lowest BCUT2D eigenvalue weighted by atomic mass is 10.0. The van der Waals surface area contributed by atoms with Crippen LogP contribution in [0, 0.1) is 5.92 Å². The lowest BCUT2D eigenvalue weighted by Crippen LogP contribution is -2.12. The minimum Gasteiger partial charge on any atom is -0.479 e. The largest absolute Gasteiger partial charge is 0.479 e. The van der Waals surface area contributed by atoms with Gasteiger partial charge in [0.2, 0.25) is 5.88 Å². The van der Waals surface area contributed by atoms with Crippen molar-refractivity contribution in [1.29, 1.82) is 0 Å². The van der Waals surface area contributed by atoms with Crippen molar-refractivity contribution in [2.75, 3.05) is 7.11 Å². The van der Waals surface area contributed by atoms with Crippen LogP contribution in [0.1, 0.15) is 51.4 Å². The Morgan fingerprint density at radius 2 is 1.95 bits per heavy atom. The van der Waals surface area contributed by atoms with Crippen LogP contribution in [0.15, 0.2) is 6.33 Å². The molecule has 110 valence electrons. The Morgan fingerprint density at radius 3 is 2.50 bits per heavy atom. The molecule has 6 heteroatoms. The zero-order valence-electron chi connectivity index (χ0n) is 12.6. The van der Waals surface area contributed by atoms with Crippen LogP contribution >= 0.6 is 11.6 Å². The molecule has 20 heavy (non-hydrogen) atoms. The zero-order chi connectivity index (χ0) is 14.9. The molecule has 0 aliphatic heterocycles. The smallest absolute Gasteiger partial charge is 0.245 e. The maximum Gasteiger partial charge on any atom is 0.245 e. The molecule has 0 N–H and O–H groups in total. The molecular formula is C14H21ClN4O. The summed E-state index contributed by atoms with van der Waals surface area (Å²) in [4.78, 5) is 13.1. The first kappa shape index (κ1) is 15.0. The van der Waals surface area contributed by atoms with E-state index in [1.54, 1.807) is 7.11 Å². The second kappa shape index (κ2) is 5.95. The predicted molar refractivity (Wildman–Crippen MR) is 80.3 cm³/mol. The van der Waals surface area contributed by atoms with Crippen LogP contribution in [0.4, 0.5) is 0 Å². The number of alkyl halides is 1. The Hall–Kier alpha value is -1.36. The van der Waals surface area contributed by atoms with Gasteiger partial charge in [0.1, 0.15) is 12.2 Å². The van der Waals surface area contributed by atoms with Gasteiger partial charge in [0.25, 0.3) is 0 Å². The van der Waals surface area contributed by atoms with E-state index in [9.17, 15) is 0 Å². The molecule has 0 amide bonds. The molecule has 0 aromatic carbocycles. The molecule has 0 bridgehead atoms. The summed E-state index contributed by atoms with van der Waals surface area (Å²) in [5.41, 5.74) is 1.46. The fourth-order valence-corrected chi connectivity index (χ4v) is 2.71. The van der Waals surface area contributed by atoms with Gasteiger partial charge in [-0.25, -0.2) is 9.97 Å². The highest BCUT2D eigenvalue weighted by Gasteiger charge is 2.22. The fraction of sp³-hybridized carbons (Fsp3) is 0.643. The van der Waals surface area contributed by atoms with Crippen LogP contribution in [0.5, 0.6) is 5.88 Å². The first-order chi connectivity index (χ1) is 9.45. The summed E-state index contributed by atoms with van der Waals surface area (Å²) in [6.07, 6.45) is 2.54. The molecule has 2 unspecified atom stereocenters. The Balaban J connectivity index is 2.63. The quantitative estimate of drug-likeness (QED) is 0.789. The number of imidazole rings is 1. The van der Waals surface area contributed by atoms with Gasteiger partial charge in [-0.15, -0.1) is 11.6 Å². The van der Waals surface area contributed by atoms with E-state index >= 15 is 0 Å². The van der Waals surface area contributed by atoms with E-state index in [4.69, 9.17) is 16.3 Å². The number of methoxy groups -OCH3 is 1. The van der Waals surface area contributed by atoms with Crippen LogP contribution in [0.2, 0.25) is 0 Å². The van der Waals surface area contributed by atoms with E-state index in [-0.39, 0.29) is 11.4 Å². The standard InChI is InChI=1S/C14H21ClN4O/c1-8(2)6-9(3)19-12(10(4)15)18-11-13(19)16-7-17-14(11)20-5/h7-10H,6H2,1-5H3. The van der Waals surface area contributed by atoms with Crippen molar-refractivity contribution in [2.24, 2.45) is 5.92 Å². The highest BCUT2D eigenvalue weighted by Crippen LogP contribution is 2.32. The van der Waals surface area contributed by atoms with Crippen molar-refractivity contribution in [1.82, 2.24) is 19.5 Å². The molecular weight excluding hydrogens is 276 g/mol. The number of hydrogen-bond donors (Lipinski definition) is 0. The van der Waals surface area contributed by atoms with E-state index in [1.807, 2.05) is 6.92 Å². The van der Waals surface area contributed by atoms with Crippen LogP contribution < -0.4 is 4.74 Å². The van der Waals surface area contributed by atoms with Crippen molar-refractivity contribution < 1.29 is 4.74 Å². The van der Waals surface area contributed by atoms with Crippen LogP contribution in [0.3, 0.4) is 0 Å². The average Bonchev–Trinajstić information content (AvgIpc) is 2.77. The van der Waals surface area contributed by atoms with Crippen LogP contribution in [-0.4, -0.2) is 26.6 Å². The highest BCUT2D eigenvalue weighted by molar-refractivity contribution is 6.20. The summed E-state index contributed by atoms with van der Waals surface area (Å²) >= 11 is 6.28. The third-order valence-electron chi connectivity index (χ3n) is 3.27. The Labute approximate surface area is 124 Å². The summed E-state index contributed by atoms with van der Waals surface area (Å²) in [6.45, 7) is 8.49. The highest BCUT2D eigenvalue weighted by atomic mass is 35.5. The van der Waals surface area contributed by atoms with Crippen molar-refractivity contribution in [3.05, 3.63) is 12.2 Å². The van der Waals surface area contributed by atoms with E-state index in [1.165, 1.54) is 6.33 Å². The third kappa shape index (κ3) is 2.73. The molecule has 5 nitrogen and oxygen atoms in total. The number of hydrogen-bond acceptors (Lipinski definition) is 4. The minimum atomic E-state index is -0.191. The zero-order valence-corrected chi connectivity index (χ0v) is 13.3. The van der Waals surface area contributed by atoms with E-state index in [0.29, 0.717) is 17.3 Å². The van der Waals surface area contributed by atoms with Gasteiger partial charge in [0.15, 0.2) is 11.2 Å². The predicted octanol–water partition coefficient (Wildman–Crippen LogP) is 3.74. The number of nitrogens with zero attached hydrogens (tertiary/aromatic N) is 4. The van der Waals surface area contributed by atoms with Crippen molar-refractivity contribution >= 4 is 22.8 Å². The van der Waals surface area contributed by atoms with Gasteiger partial charge in [0.05, 0.1) is 12.5 Å². The lowest BCUT2D eigenvalue weighted by molar-refractivity contribution is 0.401. The summed E-state index contributed by atoms with van der Waals surface area (Å²) < 4.78 is 7.37. The Bertz CT molecular complexity index is 594. The van der Waals surface area contributed by atoms with Gasteiger partial charge in [-0.3, -0.25) is 0 Å². The number of ether oxygens (including phenoxy) is 1. The van der Waals surface area contributed by atoms with Crippen molar-refractivity contribution in [3.63, 3.8) is 0 Å². The first-order valence-electron chi connectivity index (χ1n) is 6.86. The third-order valence-corrected chi connectivity index (χ3v) is 3.47. The van der Waals surface area contributed by atoms with Gasteiger partial charge in [0, 0.05) is 6.04 Å². The summed E-state index contributed by atoms with van der Waals surface area (Å²) in [5, 5.41) is -0.191. The molecule has 2 atom stereocenters. The second-order valence-electron chi connectivity index (χ2n) is 5.49. The maximum absolute atomic E-state index is 6.28. The Kier molecular flexibility index (Phi) is 4.48. The second-order valence-corrected chi connectivity index (χ2v) is 6.14. The Morgan fingerprint density at radius 1 is 1.25 bits per heavy atom.